The highest BCUT2D eigenvalue weighted by atomic mass is 28.4. The number of ether oxygens (including phenoxy) is 1. The van der Waals surface area contributed by atoms with Crippen molar-refractivity contribution < 1.29 is 23.1 Å². The molecule has 0 aliphatic rings. The summed E-state index contributed by atoms with van der Waals surface area (Å²) in [6.45, 7) is 10.4. The van der Waals surface area contributed by atoms with E-state index in [-0.39, 0.29) is 0 Å². The Morgan fingerprint density at radius 1 is 1.00 bits per heavy atom. The van der Waals surface area contributed by atoms with Crippen molar-refractivity contribution in [3.8, 4) is 0 Å². The van der Waals surface area contributed by atoms with E-state index in [2.05, 4.69) is 25.8 Å². The van der Waals surface area contributed by atoms with E-state index >= 15 is 0 Å². The maximum absolute atomic E-state index is 9.95. The van der Waals surface area contributed by atoms with Crippen LogP contribution in [0.2, 0.25) is 6.04 Å². The Morgan fingerprint density at radius 3 is 2.00 bits per heavy atom. The number of aromatic nitrogens is 2. The number of rotatable bonds is 16. The third-order valence-corrected chi connectivity index (χ3v) is 6.62. The molecule has 1 N–H and O–H groups in total. The zero-order valence-electron chi connectivity index (χ0n) is 16.7. The Labute approximate surface area is 159 Å². The van der Waals surface area contributed by atoms with Crippen LogP contribution in [-0.4, -0.2) is 56.0 Å². The molecule has 0 aliphatic carbocycles. The number of hydrogen-bond donors (Lipinski definition) is 1. The number of imidazole rings is 1. The molecule has 1 aromatic rings. The first-order chi connectivity index (χ1) is 12.6. The van der Waals surface area contributed by atoms with E-state index in [9.17, 15) is 5.11 Å². The van der Waals surface area contributed by atoms with Gasteiger partial charge in [0.1, 0.15) is 0 Å². The zero-order valence-corrected chi connectivity index (χ0v) is 17.7. The molecule has 1 aromatic heterocycles. The molecule has 0 aromatic carbocycles. The first-order valence-electron chi connectivity index (χ1n) is 9.77. The van der Waals surface area contributed by atoms with E-state index in [0.29, 0.717) is 32.5 Å². The second kappa shape index (κ2) is 13.4. The van der Waals surface area contributed by atoms with Gasteiger partial charge in [0, 0.05) is 44.9 Å². The van der Waals surface area contributed by atoms with E-state index < -0.39 is 21.1 Å². The highest BCUT2D eigenvalue weighted by Crippen LogP contribution is 2.21. The smallest absolute Gasteiger partial charge is 0.389 e. The summed E-state index contributed by atoms with van der Waals surface area (Å²) >= 11 is 0. The molecule has 0 fully saturated rings. The fraction of sp³-hybridized carbons (Fsp3) is 0.833. The number of nitrogens with zero attached hydrogens (tertiary/aromatic N) is 2. The van der Waals surface area contributed by atoms with E-state index in [4.69, 9.17) is 18.0 Å². The largest absolute Gasteiger partial charge is 0.501 e. The highest BCUT2D eigenvalue weighted by Gasteiger charge is 2.40. The van der Waals surface area contributed by atoms with Crippen LogP contribution in [0.15, 0.2) is 18.7 Å². The molecule has 0 saturated heterocycles. The summed E-state index contributed by atoms with van der Waals surface area (Å²) in [5.74, 6) is 0. The molecular formula is C18H36N2O5Si. The summed E-state index contributed by atoms with van der Waals surface area (Å²) in [5.41, 5.74) is 0. The summed E-state index contributed by atoms with van der Waals surface area (Å²) in [6.07, 6.45) is 7.58. The quantitative estimate of drug-likeness (QED) is 0.346. The van der Waals surface area contributed by atoms with E-state index in [1.807, 2.05) is 0 Å². The zero-order chi connectivity index (χ0) is 19.3. The molecule has 8 heteroatoms. The Balaban J connectivity index is 2.59. The second-order valence-corrected chi connectivity index (χ2v) is 9.08. The standard InChI is InChI=1S/C18H36N2O5Si/c1-5-11-23-26(24-12-6-2,25-13-7-3)15-8-14-22-18(17(4)21)20-10-9-19-16-20/h9-10,16-18,21H,5-8,11-15H2,1-4H3. The fourth-order valence-electron chi connectivity index (χ4n) is 2.50. The number of aliphatic hydroxyl groups is 1. The Kier molecular flexibility index (Phi) is 12.0. The summed E-state index contributed by atoms with van der Waals surface area (Å²) in [6, 6.07) is 0.712. The lowest BCUT2D eigenvalue weighted by atomic mass is 10.3. The van der Waals surface area contributed by atoms with Crippen LogP contribution in [0.1, 0.15) is 59.6 Å². The van der Waals surface area contributed by atoms with Crippen molar-refractivity contribution >= 4 is 8.80 Å². The second-order valence-electron chi connectivity index (χ2n) is 6.34. The predicted octanol–water partition coefficient (Wildman–Crippen LogP) is 3.39. The van der Waals surface area contributed by atoms with Gasteiger partial charge in [0.2, 0.25) is 0 Å². The maximum Gasteiger partial charge on any atom is 0.501 e. The third-order valence-electron chi connectivity index (χ3n) is 3.73. The SMILES string of the molecule is CCCO[Si](CCCOC(C(C)O)n1ccnc1)(OCCC)OCCC. The predicted molar refractivity (Wildman–Crippen MR) is 103 cm³/mol. The van der Waals surface area contributed by atoms with Crippen LogP contribution in [0, 0.1) is 0 Å². The highest BCUT2D eigenvalue weighted by molar-refractivity contribution is 6.60. The Hall–Kier alpha value is -0.773. The summed E-state index contributed by atoms with van der Waals surface area (Å²) in [5, 5.41) is 9.95. The topological polar surface area (TPSA) is 75.0 Å². The average Bonchev–Trinajstić information content (AvgIpc) is 3.16. The minimum Gasteiger partial charge on any atom is -0.389 e. The molecule has 26 heavy (non-hydrogen) atoms. The van der Waals surface area contributed by atoms with Crippen molar-refractivity contribution in [1.29, 1.82) is 0 Å². The molecule has 2 unspecified atom stereocenters. The van der Waals surface area contributed by atoms with Gasteiger partial charge in [-0.2, -0.15) is 0 Å². The molecular weight excluding hydrogens is 352 g/mol. The van der Waals surface area contributed by atoms with Crippen molar-refractivity contribution in [2.45, 2.75) is 71.8 Å². The van der Waals surface area contributed by atoms with Gasteiger partial charge in [-0.05, 0) is 32.6 Å². The van der Waals surface area contributed by atoms with Crippen molar-refractivity contribution in [2.75, 3.05) is 26.4 Å². The van der Waals surface area contributed by atoms with Crippen molar-refractivity contribution in [2.24, 2.45) is 0 Å². The molecule has 0 amide bonds. The Morgan fingerprint density at radius 2 is 1.58 bits per heavy atom. The van der Waals surface area contributed by atoms with Crippen LogP contribution < -0.4 is 0 Å². The van der Waals surface area contributed by atoms with Crippen LogP contribution in [0.5, 0.6) is 0 Å². The van der Waals surface area contributed by atoms with E-state index in [1.54, 1.807) is 30.2 Å². The lowest BCUT2D eigenvalue weighted by Crippen LogP contribution is -2.46. The average molecular weight is 389 g/mol. The molecule has 1 heterocycles. The number of aliphatic hydroxyl groups excluding tert-OH is 1. The van der Waals surface area contributed by atoms with Gasteiger partial charge in [0.15, 0.2) is 6.23 Å². The molecule has 0 radical (unpaired) electrons. The lowest BCUT2D eigenvalue weighted by molar-refractivity contribution is -0.0750. The molecule has 0 saturated carbocycles. The number of hydrogen-bond acceptors (Lipinski definition) is 6. The molecule has 152 valence electrons. The van der Waals surface area contributed by atoms with Crippen molar-refractivity contribution in [1.82, 2.24) is 9.55 Å². The van der Waals surface area contributed by atoms with Crippen LogP contribution in [0.3, 0.4) is 0 Å². The normalized spacial score (nSPS) is 14.5. The third kappa shape index (κ3) is 8.28. The van der Waals surface area contributed by atoms with Gasteiger partial charge < -0.3 is 27.7 Å². The van der Waals surface area contributed by atoms with Crippen molar-refractivity contribution in [3.63, 3.8) is 0 Å². The molecule has 0 spiro atoms. The summed E-state index contributed by atoms with van der Waals surface area (Å²) in [4.78, 5) is 4.01. The molecule has 0 bridgehead atoms. The minimum atomic E-state index is -2.69. The summed E-state index contributed by atoms with van der Waals surface area (Å²) < 4.78 is 25.9. The van der Waals surface area contributed by atoms with Gasteiger partial charge in [0.05, 0.1) is 12.4 Å². The van der Waals surface area contributed by atoms with Crippen LogP contribution >= 0.6 is 0 Å². The Bertz CT molecular complexity index is 423. The van der Waals surface area contributed by atoms with Gasteiger partial charge >= 0.3 is 8.80 Å². The molecule has 0 aliphatic heterocycles. The fourth-order valence-corrected chi connectivity index (χ4v) is 5.31. The van der Waals surface area contributed by atoms with Crippen LogP contribution in [0.25, 0.3) is 0 Å². The first-order valence-corrected chi connectivity index (χ1v) is 11.7. The first kappa shape index (κ1) is 23.3. The van der Waals surface area contributed by atoms with Crippen LogP contribution in [-0.2, 0) is 18.0 Å². The summed E-state index contributed by atoms with van der Waals surface area (Å²) in [7, 11) is -2.69. The van der Waals surface area contributed by atoms with Gasteiger partial charge in [-0.1, -0.05) is 20.8 Å². The van der Waals surface area contributed by atoms with E-state index in [1.165, 1.54) is 0 Å². The van der Waals surface area contributed by atoms with Gasteiger partial charge in [-0.3, -0.25) is 0 Å². The monoisotopic (exact) mass is 388 g/mol. The maximum atomic E-state index is 9.95. The van der Waals surface area contributed by atoms with Crippen molar-refractivity contribution in [3.05, 3.63) is 18.7 Å². The minimum absolute atomic E-state index is 0.446. The molecule has 7 nitrogen and oxygen atoms in total. The molecule has 1 rings (SSSR count). The van der Waals surface area contributed by atoms with Gasteiger partial charge in [0.25, 0.3) is 0 Å². The van der Waals surface area contributed by atoms with Gasteiger partial charge in [-0.25, -0.2) is 4.98 Å². The van der Waals surface area contributed by atoms with Gasteiger partial charge in [-0.15, -0.1) is 0 Å². The van der Waals surface area contributed by atoms with E-state index in [0.717, 1.165) is 25.7 Å². The van der Waals surface area contributed by atoms with Crippen LogP contribution in [0.4, 0.5) is 0 Å². The molecule has 2 atom stereocenters. The lowest BCUT2D eigenvalue weighted by Gasteiger charge is -2.30.